The van der Waals surface area contributed by atoms with Gasteiger partial charge in [-0.15, -0.1) is 0 Å². The Bertz CT molecular complexity index is 980. The third kappa shape index (κ3) is 4.89. The van der Waals surface area contributed by atoms with Gasteiger partial charge >= 0.3 is 0 Å². The van der Waals surface area contributed by atoms with Crippen molar-refractivity contribution < 1.29 is 14.3 Å². The zero-order valence-electron chi connectivity index (χ0n) is 19.6. The van der Waals surface area contributed by atoms with Gasteiger partial charge in [-0.1, -0.05) is 55.2 Å². The molecule has 1 saturated heterocycles. The molecule has 1 amide bonds. The van der Waals surface area contributed by atoms with Crippen LogP contribution in [0.5, 0.6) is 5.75 Å². The van der Waals surface area contributed by atoms with E-state index in [1.165, 1.54) is 5.56 Å². The fraction of sp³-hybridized carbons (Fsp3) is 0.519. The van der Waals surface area contributed by atoms with Gasteiger partial charge in [0.2, 0.25) is 5.91 Å². The van der Waals surface area contributed by atoms with Crippen molar-refractivity contribution in [3.63, 3.8) is 0 Å². The van der Waals surface area contributed by atoms with E-state index in [1.54, 1.807) is 0 Å². The number of ether oxygens (including phenoxy) is 2. The van der Waals surface area contributed by atoms with Gasteiger partial charge in [0, 0.05) is 28.6 Å². The standard InChI is InChI=1S/C27H33Cl2NO3/c1-4-13-32-14-15-33-20-9-10-21(23(29)16-20)22-11-12-27(3)25(17(2)30-26(27)31)24(22)18-5-7-19(28)8-6-18/h5-10,16-17,22,24-25H,4,11-15H2,1-3H3,(H,30,31)/t17-,22+,24+,25+,27-/m1/s1. The van der Waals surface area contributed by atoms with Crippen LogP contribution in [0.25, 0.3) is 0 Å². The molecule has 2 fully saturated rings. The maximum atomic E-state index is 12.9. The summed E-state index contributed by atoms with van der Waals surface area (Å²) < 4.78 is 11.3. The first-order chi connectivity index (χ1) is 15.8. The Kier molecular flexibility index (Phi) is 7.57. The number of benzene rings is 2. The van der Waals surface area contributed by atoms with E-state index in [-0.39, 0.29) is 35.1 Å². The lowest BCUT2D eigenvalue weighted by Gasteiger charge is -2.46. The molecular weight excluding hydrogens is 457 g/mol. The third-order valence-electron chi connectivity index (χ3n) is 7.42. The van der Waals surface area contributed by atoms with Crippen molar-refractivity contribution in [3.05, 3.63) is 63.6 Å². The summed E-state index contributed by atoms with van der Waals surface area (Å²) in [6.45, 7) is 8.13. The molecular formula is C27H33Cl2NO3. The number of carbonyl (C=O) groups excluding carboxylic acids is 1. The van der Waals surface area contributed by atoms with Gasteiger partial charge in [0.15, 0.2) is 0 Å². The first-order valence-electron chi connectivity index (χ1n) is 11.9. The summed E-state index contributed by atoms with van der Waals surface area (Å²) in [6, 6.07) is 14.2. The second kappa shape index (κ2) is 10.2. The van der Waals surface area contributed by atoms with Gasteiger partial charge < -0.3 is 14.8 Å². The predicted molar refractivity (Wildman–Crippen MR) is 133 cm³/mol. The highest BCUT2D eigenvalue weighted by atomic mass is 35.5. The molecule has 4 nitrogen and oxygen atoms in total. The smallest absolute Gasteiger partial charge is 0.226 e. The van der Waals surface area contributed by atoms with Crippen molar-refractivity contribution in [1.82, 2.24) is 5.32 Å². The van der Waals surface area contributed by atoms with Crippen molar-refractivity contribution >= 4 is 29.1 Å². The molecule has 0 aromatic heterocycles. The summed E-state index contributed by atoms with van der Waals surface area (Å²) in [5.74, 6) is 1.44. The Morgan fingerprint density at radius 1 is 1.09 bits per heavy atom. The molecule has 2 aromatic carbocycles. The fourth-order valence-electron chi connectivity index (χ4n) is 5.87. The molecule has 5 atom stereocenters. The molecule has 33 heavy (non-hydrogen) atoms. The zero-order chi connectivity index (χ0) is 23.6. The second-order valence-electron chi connectivity index (χ2n) is 9.57. The van der Waals surface area contributed by atoms with Crippen molar-refractivity contribution in [2.45, 2.75) is 57.9 Å². The minimum absolute atomic E-state index is 0.0930. The van der Waals surface area contributed by atoms with Crippen molar-refractivity contribution in [2.24, 2.45) is 11.3 Å². The molecule has 1 saturated carbocycles. The number of amides is 1. The van der Waals surface area contributed by atoms with Gasteiger partial charge in [-0.3, -0.25) is 4.79 Å². The van der Waals surface area contributed by atoms with Gasteiger partial charge in [-0.25, -0.2) is 0 Å². The average Bonchev–Trinajstić information content (AvgIpc) is 3.02. The number of nitrogens with one attached hydrogen (secondary N) is 1. The molecule has 0 radical (unpaired) electrons. The summed E-state index contributed by atoms with van der Waals surface area (Å²) in [7, 11) is 0. The number of rotatable bonds is 8. The van der Waals surface area contributed by atoms with Crippen LogP contribution in [0.1, 0.15) is 63.0 Å². The first kappa shape index (κ1) is 24.4. The highest BCUT2D eigenvalue weighted by Crippen LogP contribution is 2.59. The van der Waals surface area contributed by atoms with E-state index in [1.807, 2.05) is 24.3 Å². The van der Waals surface area contributed by atoms with Crippen LogP contribution in [-0.2, 0) is 9.53 Å². The number of hydrogen-bond donors (Lipinski definition) is 1. The van der Waals surface area contributed by atoms with Gasteiger partial charge in [0.05, 0.1) is 12.0 Å². The lowest BCUT2D eigenvalue weighted by molar-refractivity contribution is -0.129. The largest absolute Gasteiger partial charge is 0.491 e. The van der Waals surface area contributed by atoms with E-state index in [2.05, 4.69) is 44.3 Å². The Morgan fingerprint density at radius 2 is 1.85 bits per heavy atom. The maximum Gasteiger partial charge on any atom is 0.226 e. The minimum Gasteiger partial charge on any atom is -0.491 e. The van der Waals surface area contributed by atoms with Gasteiger partial charge in [0.1, 0.15) is 12.4 Å². The molecule has 4 rings (SSSR count). The zero-order valence-corrected chi connectivity index (χ0v) is 21.1. The van der Waals surface area contributed by atoms with Crippen molar-refractivity contribution in [2.75, 3.05) is 19.8 Å². The summed E-state index contributed by atoms with van der Waals surface area (Å²) in [5, 5.41) is 4.63. The molecule has 1 aliphatic carbocycles. The Morgan fingerprint density at radius 3 is 2.55 bits per heavy atom. The molecule has 2 aromatic rings. The molecule has 1 N–H and O–H groups in total. The fourth-order valence-corrected chi connectivity index (χ4v) is 6.31. The Hall–Kier alpha value is -1.75. The molecule has 0 spiro atoms. The molecule has 1 aliphatic heterocycles. The molecule has 1 heterocycles. The third-order valence-corrected chi connectivity index (χ3v) is 8.00. The monoisotopic (exact) mass is 489 g/mol. The van der Waals surface area contributed by atoms with Crippen LogP contribution in [0.15, 0.2) is 42.5 Å². The van der Waals surface area contributed by atoms with Crippen LogP contribution in [0, 0.1) is 11.3 Å². The molecule has 178 valence electrons. The second-order valence-corrected chi connectivity index (χ2v) is 10.4. The van der Waals surface area contributed by atoms with Crippen LogP contribution in [-0.4, -0.2) is 31.8 Å². The normalized spacial score (nSPS) is 28.9. The Labute approximate surface area is 206 Å². The average molecular weight is 490 g/mol. The highest BCUT2D eigenvalue weighted by Gasteiger charge is 2.57. The van der Waals surface area contributed by atoms with Gasteiger partial charge in [-0.2, -0.15) is 0 Å². The van der Waals surface area contributed by atoms with Gasteiger partial charge in [-0.05, 0) is 73.4 Å². The molecule has 6 heteroatoms. The lowest BCUT2D eigenvalue weighted by Crippen LogP contribution is -2.42. The van der Waals surface area contributed by atoms with Crippen LogP contribution < -0.4 is 10.1 Å². The summed E-state index contributed by atoms with van der Waals surface area (Å²) >= 11 is 13.0. The van der Waals surface area contributed by atoms with E-state index in [4.69, 9.17) is 32.7 Å². The van der Waals surface area contributed by atoms with Crippen molar-refractivity contribution in [1.29, 1.82) is 0 Å². The molecule has 2 aliphatic rings. The summed E-state index contributed by atoms with van der Waals surface area (Å²) in [6.07, 6.45) is 2.73. The summed E-state index contributed by atoms with van der Waals surface area (Å²) in [5.41, 5.74) is 1.93. The maximum absolute atomic E-state index is 12.9. The topological polar surface area (TPSA) is 47.6 Å². The van der Waals surface area contributed by atoms with Crippen LogP contribution >= 0.6 is 23.2 Å². The van der Waals surface area contributed by atoms with E-state index in [9.17, 15) is 4.79 Å². The molecule has 0 unspecified atom stereocenters. The van der Waals surface area contributed by atoms with Crippen molar-refractivity contribution in [3.8, 4) is 5.75 Å². The molecule has 0 bridgehead atoms. The SMILES string of the molecule is CCCOCCOc1ccc([C@@H]2CC[C@@]3(C)C(=O)N[C@H](C)[C@H]3[C@H]2c2ccc(Cl)cc2)c(Cl)c1. The van der Waals surface area contributed by atoms with Crippen LogP contribution in [0.4, 0.5) is 0 Å². The number of halogens is 2. The predicted octanol–water partition coefficient (Wildman–Crippen LogP) is 6.60. The van der Waals surface area contributed by atoms with E-state index < -0.39 is 0 Å². The summed E-state index contributed by atoms with van der Waals surface area (Å²) in [4.78, 5) is 12.9. The van der Waals surface area contributed by atoms with E-state index >= 15 is 0 Å². The first-order valence-corrected chi connectivity index (χ1v) is 12.7. The van der Waals surface area contributed by atoms with E-state index in [0.29, 0.717) is 23.3 Å². The van der Waals surface area contributed by atoms with E-state index in [0.717, 1.165) is 37.2 Å². The number of carbonyl (C=O) groups is 1. The minimum atomic E-state index is -0.381. The Balaban J connectivity index is 1.63. The quantitative estimate of drug-likeness (QED) is 0.424. The number of hydrogen-bond acceptors (Lipinski definition) is 3. The van der Waals surface area contributed by atoms with Crippen LogP contribution in [0.2, 0.25) is 10.0 Å². The lowest BCUT2D eigenvalue weighted by atomic mass is 9.56. The highest BCUT2D eigenvalue weighted by molar-refractivity contribution is 6.31. The number of fused-ring (bicyclic) bond motifs is 1. The van der Waals surface area contributed by atoms with Gasteiger partial charge in [0.25, 0.3) is 0 Å². The van der Waals surface area contributed by atoms with Crippen LogP contribution in [0.3, 0.4) is 0 Å².